The lowest BCUT2D eigenvalue weighted by Gasteiger charge is -2.06. The second-order valence-corrected chi connectivity index (χ2v) is 3.05. The molecule has 0 fully saturated rings. The average Bonchev–Trinajstić information content (AvgIpc) is 2.27. The van der Waals surface area contributed by atoms with Crippen molar-refractivity contribution in [2.24, 2.45) is 5.11 Å². The Hall–Kier alpha value is -1.81. The van der Waals surface area contributed by atoms with Crippen molar-refractivity contribution in [2.75, 3.05) is 13.2 Å². The first-order chi connectivity index (χ1) is 7.72. The molecular weight excluding hydrogens is 216 g/mol. The highest BCUT2D eigenvalue weighted by Crippen LogP contribution is 2.14. The number of nitrogens with zero attached hydrogens (tertiary/aromatic N) is 3. The zero-order valence-corrected chi connectivity index (χ0v) is 8.51. The third-order valence-corrected chi connectivity index (χ3v) is 1.84. The Morgan fingerprint density at radius 3 is 2.94 bits per heavy atom. The number of alkyl halides is 2. The summed E-state index contributed by atoms with van der Waals surface area (Å²) in [4.78, 5) is 2.63. The van der Waals surface area contributed by atoms with Crippen molar-refractivity contribution in [3.05, 3.63) is 40.3 Å². The highest BCUT2D eigenvalue weighted by Gasteiger charge is 2.03. The summed E-state index contributed by atoms with van der Waals surface area (Å²) in [7, 11) is 0. The molecule has 16 heavy (non-hydrogen) atoms. The standard InChI is InChI=1S/C10H11F2N3O/c11-10(12)7-16-9-3-1-2-8(6-9)4-5-14-15-13/h1-3,6,10H,4-5,7H2. The average molecular weight is 227 g/mol. The monoisotopic (exact) mass is 227 g/mol. The summed E-state index contributed by atoms with van der Waals surface area (Å²) < 4.78 is 28.6. The fourth-order valence-corrected chi connectivity index (χ4v) is 1.17. The molecule has 0 N–H and O–H groups in total. The molecule has 0 spiro atoms. The van der Waals surface area contributed by atoms with Crippen LogP contribution in [0.4, 0.5) is 8.78 Å². The van der Waals surface area contributed by atoms with E-state index in [9.17, 15) is 8.78 Å². The molecular formula is C10H11F2N3O. The molecule has 0 unspecified atom stereocenters. The van der Waals surface area contributed by atoms with Gasteiger partial charge in [0.1, 0.15) is 12.4 Å². The van der Waals surface area contributed by atoms with Gasteiger partial charge in [0.15, 0.2) is 0 Å². The summed E-state index contributed by atoms with van der Waals surface area (Å²) >= 11 is 0. The van der Waals surface area contributed by atoms with Crippen LogP contribution in [0, 0.1) is 0 Å². The highest BCUT2D eigenvalue weighted by molar-refractivity contribution is 5.28. The Morgan fingerprint density at radius 2 is 2.25 bits per heavy atom. The predicted octanol–water partition coefficient (Wildman–Crippen LogP) is 3.18. The molecule has 86 valence electrons. The molecule has 0 saturated carbocycles. The van der Waals surface area contributed by atoms with E-state index in [1.807, 2.05) is 6.07 Å². The van der Waals surface area contributed by atoms with Crippen LogP contribution in [0.3, 0.4) is 0 Å². The zero-order valence-electron chi connectivity index (χ0n) is 8.51. The van der Waals surface area contributed by atoms with Crippen molar-refractivity contribution in [3.8, 4) is 5.75 Å². The third kappa shape index (κ3) is 4.61. The molecule has 0 heterocycles. The lowest BCUT2D eigenvalue weighted by Crippen LogP contribution is -2.07. The van der Waals surface area contributed by atoms with Gasteiger partial charge in [-0.3, -0.25) is 0 Å². The Kier molecular flexibility index (Phi) is 5.08. The molecule has 0 aliphatic heterocycles. The van der Waals surface area contributed by atoms with Gasteiger partial charge in [0.2, 0.25) is 0 Å². The van der Waals surface area contributed by atoms with E-state index in [1.54, 1.807) is 18.2 Å². The Morgan fingerprint density at radius 1 is 1.44 bits per heavy atom. The molecule has 6 heteroatoms. The molecule has 0 saturated heterocycles. The van der Waals surface area contributed by atoms with Gasteiger partial charge in [0.25, 0.3) is 6.43 Å². The molecule has 0 aliphatic rings. The van der Waals surface area contributed by atoms with Gasteiger partial charge in [0.05, 0.1) is 0 Å². The fraction of sp³-hybridized carbons (Fsp3) is 0.400. The van der Waals surface area contributed by atoms with E-state index in [-0.39, 0.29) is 0 Å². The molecule has 0 amide bonds. The van der Waals surface area contributed by atoms with Gasteiger partial charge in [-0.15, -0.1) is 0 Å². The second kappa shape index (κ2) is 6.63. The van der Waals surface area contributed by atoms with Crippen LogP contribution >= 0.6 is 0 Å². The van der Waals surface area contributed by atoms with Crippen LogP contribution in [-0.4, -0.2) is 19.6 Å². The maximum absolute atomic E-state index is 11.9. The fourth-order valence-electron chi connectivity index (χ4n) is 1.17. The number of halogens is 2. The number of hydrogen-bond donors (Lipinski definition) is 0. The van der Waals surface area contributed by atoms with Gasteiger partial charge < -0.3 is 4.74 Å². The van der Waals surface area contributed by atoms with Crippen LogP contribution in [0.1, 0.15) is 5.56 Å². The summed E-state index contributed by atoms with van der Waals surface area (Å²) in [6.07, 6.45) is -1.91. The summed E-state index contributed by atoms with van der Waals surface area (Å²) in [5.74, 6) is 0.402. The van der Waals surface area contributed by atoms with Gasteiger partial charge in [-0.1, -0.05) is 17.2 Å². The van der Waals surface area contributed by atoms with E-state index in [1.165, 1.54) is 0 Å². The van der Waals surface area contributed by atoms with Crippen LogP contribution in [0.15, 0.2) is 29.4 Å². The van der Waals surface area contributed by atoms with E-state index in [0.29, 0.717) is 18.7 Å². The summed E-state index contributed by atoms with van der Waals surface area (Å²) in [5.41, 5.74) is 8.98. The van der Waals surface area contributed by atoms with E-state index in [0.717, 1.165) is 5.56 Å². The molecule has 0 aliphatic carbocycles. The van der Waals surface area contributed by atoms with E-state index in [4.69, 9.17) is 10.3 Å². The summed E-state index contributed by atoms with van der Waals surface area (Å²) in [6, 6.07) is 6.81. The van der Waals surface area contributed by atoms with Gasteiger partial charge in [0, 0.05) is 11.5 Å². The largest absolute Gasteiger partial charge is 0.488 e. The number of azide groups is 1. The van der Waals surface area contributed by atoms with Crippen molar-refractivity contribution in [1.29, 1.82) is 0 Å². The first kappa shape index (κ1) is 12.3. The van der Waals surface area contributed by atoms with E-state index < -0.39 is 13.0 Å². The van der Waals surface area contributed by atoms with Crippen molar-refractivity contribution in [1.82, 2.24) is 0 Å². The number of ether oxygens (including phenoxy) is 1. The molecule has 4 nitrogen and oxygen atoms in total. The van der Waals surface area contributed by atoms with Crippen molar-refractivity contribution < 1.29 is 13.5 Å². The molecule has 0 atom stereocenters. The maximum atomic E-state index is 11.9. The Labute approximate surface area is 91.5 Å². The lowest BCUT2D eigenvalue weighted by atomic mass is 10.1. The first-order valence-electron chi connectivity index (χ1n) is 4.73. The van der Waals surface area contributed by atoms with Crippen molar-refractivity contribution >= 4 is 0 Å². The number of benzene rings is 1. The molecule has 1 aromatic carbocycles. The zero-order chi connectivity index (χ0) is 11.8. The molecule has 1 rings (SSSR count). The quantitative estimate of drug-likeness (QED) is 0.418. The number of rotatable bonds is 6. The highest BCUT2D eigenvalue weighted by atomic mass is 19.3. The van der Waals surface area contributed by atoms with Crippen molar-refractivity contribution in [2.45, 2.75) is 12.8 Å². The topological polar surface area (TPSA) is 58.0 Å². The first-order valence-corrected chi connectivity index (χ1v) is 4.73. The maximum Gasteiger partial charge on any atom is 0.272 e. The van der Waals surface area contributed by atoms with E-state index >= 15 is 0 Å². The van der Waals surface area contributed by atoms with Gasteiger partial charge >= 0.3 is 0 Å². The second-order valence-electron chi connectivity index (χ2n) is 3.05. The third-order valence-electron chi connectivity index (χ3n) is 1.84. The van der Waals surface area contributed by atoms with Crippen LogP contribution in [-0.2, 0) is 6.42 Å². The van der Waals surface area contributed by atoms with E-state index in [2.05, 4.69) is 10.0 Å². The van der Waals surface area contributed by atoms with Gasteiger partial charge in [-0.05, 0) is 29.6 Å². The minimum Gasteiger partial charge on any atom is -0.488 e. The molecule has 1 aromatic rings. The smallest absolute Gasteiger partial charge is 0.272 e. The van der Waals surface area contributed by atoms with Crippen LogP contribution in [0.2, 0.25) is 0 Å². The molecule has 0 bridgehead atoms. The summed E-state index contributed by atoms with van der Waals surface area (Å²) in [5, 5.41) is 3.39. The lowest BCUT2D eigenvalue weighted by molar-refractivity contribution is 0.0818. The normalized spacial score (nSPS) is 9.94. The number of hydrogen-bond acceptors (Lipinski definition) is 2. The van der Waals surface area contributed by atoms with Gasteiger partial charge in [-0.2, -0.15) is 0 Å². The minimum absolute atomic E-state index is 0.342. The molecule has 0 radical (unpaired) electrons. The molecule has 0 aromatic heterocycles. The van der Waals surface area contributed by atoms with Crippen LogP contribution in [0.25, 0.3) is 10.4 Å². The predicted molar refractivity (Wildman–Crippen MR) is 55.7 cm³/mol. The Bertz CT molecular complexity index is 378. The SMILES string of the molecule is [N-]=[N+]=NCCc1cccc(OCC(F)F)c1. The van der Waals surface area contributed by atoms with Crippen LogP contribution < -0.4 is 4.74 Å². The van der Waals surface area contributed by atoms with Crippen molar-refractivity contribution in [3.63, 3.8) is 0 Å². The Balaban J connectivity index is 2.53. The van der Waals surface area contributed by atoms with Crippen LogP contribution in [0.5, 0.6) is 5.75 Å². The minimum atomic E-state index is -2.48. The van der Waals surface area contributed by atoms with Gasteiger partial charge in [-0.25, -0.2) is 8.78 Å². The summed E-state index contributed by atoms with van der Waals surface area (Å²) in [6.45, 7) is -0.269.